The molecule has 0 saturated carbocycles. The Hall–Kier alpha value is -7.02. The monoisotopic (exact) mass is 906 g/mol. The van der Waals surface area contributed by atoms with Gasteiger partial charge in [0.2, 0.25) is 0 Å². The molecule has 63 heavy (non-hydrogen) atoms. The summed E-state index contributed by atoms with van der Waals surface area (Å²) in [6.45, 7) is 1.95. The van der Waals surface area contributed by atoms with Crippen LogP contribution in [0.4, 0.5) is 0 Å². The number of hydrogen-bond donors (Lipinski definition) is 1. The Morgan fingerprint density at radius 2 is 0.698 bits per heavy atom. The minimum atomic E-state index is -0.477. The van der Waals surface area contributed by atoms with Crippen molar-refractivity contribution in [2.75, 3.05) is 7.11 Å². The third-order valence-electron chi connectivity index (χ3n) is 11.3. The van der Waals surface area contributed by atoms with Crippen molar-refractivity contribution in [1.82, 2.24) is 19.9 Å². The smallest absolute Gasteiger partial charge is 0.108 e. The van der Waals surface area contributed by atoms with Gasteiger partial charge >= 0.3 is 0 Å². The van der Waals surface area contributed by atoms with Crippen LogP contribution in [0.1, 0.15) is 6.92 Å². The number of benzene rings is 6. The van der Waals surface area contributed by atoms with Crippen molar-refractivity contribution in [3.63, 3.8) is 0 Å². The molecule has 11 rings (SSSR count). The van der Waals surface area contributed by atoms with Gasteiger partial charge in [0.1, 0.15) is 12.2 Å². The molecule has 1 aliphatic rings. The first-order valence-electron chi connectivity index (χ1n) is 20.7. The number of aliphatic hydroxyl groups is 1. The second-order valence-electron chi connectivity index (χ2n) is 15.1. The molecule has 0 saturated heterocycles. The standard InChI is InChI=1S/2C24H16N2.C8H12O2.Ru/c2*1-3-7-17(8-4-1)19-13-15-25-23-21(19)11-12-22-20(14-16-26-24(22)23)18-9-5-2-6-10-18;1-6-4-3-5-7(9)8(6)10-2;/h2*1-16H;3-5,7-9H,1-2H3;. The van der Waals surface area contributed by atoms with Crippen molar-refractivity contribution >= 4 is 43.6 Å². The van der Waals surface area contributed by atoms with Crippen molar-refractivity contribution < 1.29 is 29.3 Å². The number of nitrogens with zero attached hydrogens (tertiary/aromatic N) is 4. The summed E-state index contributed by atoms with van der Waals surface area (Å²) in [7, 11) is 1.60. The van der Waals surface area contributed by atoms with Crippen molar-refractivity contribution in [3.05, 3.63) is 218 Å². The molecule has 2 atom stereocenters. The Morgan fingerprint density at radius 3 is 0.937 bits per heavy atom. The third kappa shape index (κ3) is 9.00. The van der Waals surface area contributed by atoms with E-state index in [4.69, 9.17) is 4.74 Å². The zero-order valence-corrected chi connectivity index (χ0v) is 36.6. The number of allylic oxidation sites excluding steroid dienone is 2. The largest absolute Gasteiger partial charge is 0.386 e. The summed E-state index contributed by atoms with van der Waals surface area (Å²) in [6.07, 6.45) is 12.4. The molecule has 10 aromatic rings. The van der Waals surface area contributed by atoms with E-state index < -0.39 is 6.10 Å². The van der Waals surface area contributed by atoms with E-state index in [0.717, 1.165) is 49.2 Å². The summed E-state index contributed by atoms with van der Waals surface area (Å²) in [5.74, 6) is 0. The quantitative estimate of drug-likeness (QED) is 0.137. The first-order valence-corrected chi connectivity index (χ1v) is 20.7. The van der Waals surface area contributed by atoms with Crippen molar-refractivity contribution in [2.45, 2.75) is 19.1 Å². The van der Waals surface area contributed by atoms with E-state index in [1.807, 2.05) is 68.1 Å². The van der Waals surface area contributed by atoms with Crippen LogP contribution in [0.5, 0.6) is 0 Å². The zero-order valence-electron chi connectivity index (χ0n) is 34.9. The van der Waals surface area contributed by atoms with Gasteiger partial charge in [-0.3, -0.25) is 19.9 Å². The predicted octanol–water partition coefficient (Wildman–Crippen LogP) is 13.1. The summed E-state index contributed by atoms with van der Waals surface area (Å²) in [5, 5.41) is 13.8. The van der Waals surface area contributed by atoms with Crippen LogP contribution in [0.3, 0.4) is 0 Å². The maximum absolute atomic E-state index is 9.29. The molecule has 0 spiro atoms. The zero-order chi connectivity index (χ0) is 42.3. The second-order valence-corrected chi connectivity index (χ2v) is 15.1. The molecule has 0 aliphatic heterocycles. The maximum Gasteiger partial charge on any atom is 0.108 e. The van der Waals surface area contributed by atoms with Crippen LogP contribution in [0.2, 0.25) is 0 Å². The molecule has 6 aromatic carbocycles. The van der Waals surface area contributed by atoms with E-state index in [1.54, 1.807) is 13.2 Å². The van der Waals surface area contributed by atoms with Crippen molar-refractivity contribution in [3.8, 4) is 44.5 Å². The number of fused-ring (bicyclic) bond motifs is 6. The van der Waals surface area contributed by atoms with Crippen LogP contribution in [0.15, 0.2) is 218 Å². The van der Waals surface area contributed by atoms with E-state index in [-0.39, 0.29) is 25.6 Å². The molecule has 1 N–H and O–H groups in total. The first kappa shape index (κ1) is 42.7. The molecule has 0 radical (unpaired) electrons. The fourth-order valence-corrected chi connectivity index (χ4v) is 8.25. The summed E-state index contributed by atoms with van der Waals surface area (Å²) in [4.78, 5) is 18.7. The van der Waals surface area contributed by atoms with Gasteiger partial charge in [-0.05, 0) is 81.3 Å². The van der Waals surface area contributed by atoms with E-state index in [0.29, 0.717) is 0 Å². The SMILES string of the molecule is COC1C(C)=CC=CC1O.[Ru].c1ccc(-c2ccnc3c2ccc2c(-c4ccccc4)ccnc23)cc1.c1ccc(-c2ccnc3c2ccc2c(-c4ccccc4)ccnc23)cc1. The molecule has 0 bridgehead atoms. The average Bonchev–Trinajstić information content (AvgIpc) is 3.34. The number of aliphatic hydroxyl groups excluding tert-OH is 1. The topological polar surface area (TPSA) is 81.0 Å². The number of aromatic nitrogens is 4. The number of hydrogen-bond acceptors (Lipinski definition) is 6. The number of ether oxygens (including phenoxy) is 1. The molecular formula is C56H44N4O2Ru. The Kier molecular flexibility index (Phi) is 13.4. The fraction of sp³-hybridized carbons (Fsp3) is 0.0714. The number of rotatable bonds is 5. The predicted molar refractivity (Wildman–Crippen MR) is 256 cm³/mol. The van der Waals surface area contributed by atoms with Gasteiger partial charge in [-0.1, -0.05) is 164 Å². The van der Waals surface area contributed by atoms with E-state index in [2.05, 4.69) is 166 Å². The maximum atomic E-state index is 9.29. The summed E-state index contributed by atoms with van der Waals surface area (Å²) in [5.41, 5.74) is 14.4. The van der Waals surface area contributed by atoms with Crippen LogP contribution in [-0.2, 0) is 24.2 Å². The first-order chi connectivity index (χ1) is 30.6. The van der Waals surface area contributed by atoms with Crippen LogP contribution >= 0.6 is 0 Å². The fourth-order valence-electron chi connectivity index (χ4n) is 8.25. The van der Waals surface area contributed by atoms with Crippen LogP contribution in [0.25, 0.3) is 88.1 Å². The van der Waals surface area contributed by atoms with E-state index >= 15 is 0 Å². The number of methoxy groups -OCH3 is 1. The Balaban J connectivity index is 0.000000141. The van der Waals surface area contributed by atoms with Crippen LogP contribution < -0.4 is 0 Å². The summed E-state index contributed by atoms with van der Waals surface area (Å²) < 4.78 is 5.05. The Morgan fingerprint density at radius 1 is 0.413 bits per heavy atom. The molecule has 4 aromatic heterocycles. The number of pyridine rings is 4. The molecule has 308 valence electrons. The van der Waals surface area contributed by atoms with Crippen LogP contribution in [-0.4, -0.2) is 44.4 Å². The van der Waals surface area contributed by atoms with Gasteiger partial charge in [-0.2, -0.15) is 0 Å². The van der Waals surface area contributed by atoms with E-state index in [1.165, 1.54) is 44.5 Å². The molecule has 0 amide bonds. The molecule has 4 heterocycles. The van der Waals surface area contributed by atoms with Crippen molar-refractivity contribution in [1.29, 1.82) is 0 Å². The normalized spacial score (nSPS) is 14.2. The van der Waals surface area contributed by atoms with Crippen molar-refractivity contribution in [2.24, 2.45) is 0 Å². The van der Waals surface area contributed by atoms with E-state index in [9.17, 15) is 5.11 Å². The molecule has 0 fully saturated rings. The second kappa shape index (κ2) is 19.8. The summed E-state index contributed by atoms with van der Waals surface area (Å²) in [6, 6.07) is 58.7. The molecule has 1 aliphatic carbocycles. The van der Waals surface area contributed by atoms with Gasteiger partial charge in [-0.15, -0.1) is 0 Å². The Labute approximate surface area is 380 Å². The summed E-state index contributed by atoms with van der Waals surface area (Å²) >= 11 is 0. The molecule has 7 heteroatoms. The van der Waals surface area contributed by atoms with Crippen LogP contribution in [0, 0.1) is 0 Å². The molecular weight excluding hydrogens is 862 g/mol. The minimum Gasteiger partial charge on any atom is -0.386 e. The molecule has 2 unspecified atom stereocenters. The van der Waals surface area contributed by atoms with Gasteiger partial charge in [0.05, 0.1) is 22.1 Å². The van der Waals surface area contributed by atoms with Gasteiger partial charge < -0.3 is 9.84 Å². The van der Waals surface area contributed by atoms with Gasteiger partial charge in [0, 0.05) is 72.9 Å². The Bertz CT molecular complexity index is 2800. The minimum absolute atomic E-state index is 0. The third-order valence-corrected chi connectivity index (χ3v) is 11.3. The van der Waals surface area contributed by atoms with Gasteiger partial charge in [-0.25, -0.2) is 0 Å². The van der Waals surface area contributed by atoms with Gasteiger partial charge in [0.15, 0.2) is 0 Å². The molecule has 6 nitrogen and oxygen atoms in total. The van der Waals surface area contributed by atoms with Gasteiger partial charge in [0.25, 0.3) is 0 Å². The average molecular weight is 906 g/mol.